The molecule has 5 nitrogen and oxygen atoms in total. The van der Waals surface area contributed by atoms with E-state index in [-0.39, 0.29) is 24.4 Å². The van der Waals surface area contributed by atoms with Crippen molar-refractivity contribution >= 4 is 18.3 Å². The van der Waals surface area contributed by atoms with E-state index in [2.05, 4.69) is 41.5 Å². The number of H-pyrrole nitrogens is 1. The predicted molar refractivity (Wildman–Crippen MR) is 90.4 cm³/mol. The quantitative estimate of drug-likeness (QED) is 0.791. The van der Waals surface area contributed by atoms with Crippen LogP contribution in [-0.4, -0.2) is 22.6 Å². The topological polar surface area (TPSA) is 83.8 Å². The fraction of sp³-hybridized carbons (Fsp3) is 0.375. The van der Waals surface area contributed by atoms with Gasteiger partial charge in [-0.05, 0) is 24.0 Å². The molecule has 4 N–H and O–H groups in total. The second kappa shape index (κ2) is 7.96. The molecule has 1 amide bonds. The molecule has 0 fully saturated rings. The molecule has 120 valence electrons. The molecular formula is C16H23ClN4O. The predicted octanol–water partition coefficient (Wildman–Crippen LogP) is 2.69. The van der Waals surface area contributed by atoms with Crippen molar-refractivity contribution in [2.75, 3.05) is 6.54 Å². The number of carbonyl (C=O) groups excluding carboxylic acids is 1. The molecule has 1 heterocycles. The van der Waals surface area contributed by atoms with Crippen molar-refractivity contribution in [1.82, 2.24) is 15.5 Å². The van der Waals surface area contributed by atoms with E-state index < -0.39 is 0 Å². The maximum absolute atomic E-state index is 12.0. The van der Waals surface area contributed by atoms with Crippen molar-refractivity contribution in [2.45, 2.75) is 32.7 Å². The van der Waals surface area contributed by atoms with E-state index in [4.69, 9.17) is 5.73 Å². The number of nitrogens with zero attached hydrogens (tertiary/aromatic N) is 1. The summed E-state index contributed by atoms with van der Waals surface area (Å²) in [6.45, 7) is 6.52. The van der Waals surface area contributed by atoms with Gasteiger partial charge in [0.05, 0.1) is 11.8 Å². The van der Waals surface area contributed by atoms with Gasteiger partial charge in [-0.2, -0.15) is 5.10 Å². The van der Waals surface area contributed by atoms with Gasteiger partial charge >= 0.3 is 0 Å². The second-order valence-electron chi connectivity index (χ2n) is 5.55. The van der Waals surface area contributed by atoms with E-state index in [1.807, 2.05) is 19.1 Å². The van der Waals surface area contributed by atoms with Crippen molar-refractivity contribution in [1.29, 1.82) is 0 Å². The third kappa shape index (κ3) is 4.32. The zero-order chi connectivity index (χ0) is 15.4. The number of benzene rings is 1. The van der Waals surface area contributed by atoms with E-state index in [1.165, 1.54) is 11.8 Å². The van der Waals surface area contributed by atoms with Crippen LogP contribution in [0.1, 0.15) is 53.0 Å². The van der Waals surface area contributed by atoms with Crippen LogP contribution in [0.15, 0.2) is 30.5 Å². The number of amides is 1. The number of aryl methyl sites for hydroxylation is 1. The van der Waals surface area contributed by atoms with E-state index in [0.717, 1.165) is 11.3 Å². The van der Waals surface area contributed by atoms with Gasteiger partial charge in [0.15, 0.2) is 0 Å². The van der Waals surface area contributed by atoms with Crippen molar-refractivity contribution in [3.63, 3.8) is 0 Å². The molecule has 2 aromatic rings. The molecule has 0 bridgehead atoms. The Hall–Kier alpha value is -1.85. The van der Waals surface area contributed by atoms with Crippen molar-refractivity contribution < 1.29 is 4.79 Å². The summed E-state index contributed by atoms with van der Waals surface area (Å²) in [5.74, 6) is 0.342. The molecule has 1 aromatic heterocycles. The molecule has 2 rings (SSSR count). The summed E-state index contributed by atoms with van der Waals surface area (Å²) in [4.78, 5) is 12.0. The van der Waals surface area contributed by atoms with Crippen LogP contribution < -0.4 is 11.1 Å². The molecule has 0 aliphatic rings. The highest BCUT2D eigenvalue weighted by atomic mass is 35.5. The minimum absolute atomic E-state index is 0. The zero-order valence-corrected chi connectivity index (χ0v) is 13.9. The molecule has 22 heavy (non-hydrogen) atoms. The molecule has 0 spiro atoms. The Morgan fingerprint density at radius 2 is 1.86 bits per heavy atom. The van der Waals surface area contributed by atoms with Crippen LogP contribution in [0, 0.1) is 6.92 Å². The van der Waals surface area contributed by atoms with Gasteiger partial charge in [0.2, 0.25) is 0 Å². The van der Waals surface area contributed by atoms with E-state index in [1.54, 1.807) is 0 Å². The lowest BCUT2D eigenvalue weighted by Gasteiger charge is -2.14. The average Bonchev–Trinajstić information content (AvgIpc) is 2.90. The van der Waals surface area contributed by atoms with Crippen LogP contribution in [0.2, 0.25) is 0 Å². The van der Waals surface area contributed by atoms with Crippen molar-refractivity contribution in [3.8, 4) is 0 Å². The van der Waals surface area contributed by atoms with Crippen LogP contribution in [-0.2, 0) is 0 Å². The largest absolute Gasteiger partial charge is 0.350 e. The maximum atomic E-state index is 12.0. The summed E-state index contributed by atoms with van der Waals surface area (Å²) in [5.41, 5.74) is 9.73. The number of aromatic amines is 1. The zero-order valence-electron chi connectivity index (χ0n) is 13.1. The monoisotopic (exact) mass is 322 g/mol. The third-order valence-electron chi connectivity index (χ3n) is 3.59. The fourth-order valence-corrected chi connectivity index (χ4v) is 2.12. The average molecular weight is 323 g/mol. The van der Waals surface area contributed by atoms with Gasteiger partial charge < -0.3 is 11.1 Å². The van der Waals surface area contributed by atoms with E-state index in [9.17, 15) is 4.79 Å². The lowest BCUT2D eigenvalue weighted by Crippen LogP contribution is -2.32. The summed E-state index contributed by atoms with van der Waals surface area (Å²) >= 11 is 0. The third-order valence-corrected chi connectivity index (χ3v) is 3.59. The SMILES string of the molecule is Cc1[nH]ncc1C(=O)NCC(N)c1ccc(C(C)C)cc1.Cl. The molecule has 6 heteroatoms. The first-order chi connectivity index (χ1) is 9.99. The standard InChI is InChI=1S/C16H22N4O.ClH/c1-10(2)12-4-6-13(7-5-12)15(17)9-18-16(21)14-8-19-20-11(14)3;/h4-8,10,15H,9,17H2,1-3H3,(H,18,21)(H,19,20);1H. The van der Waals surface area contributed by atoms with Crippen LogP contribution in [0.25, 0.3) is 0 Å². The first-order valence-electron chi connectivity index (χ1n) is 7.12. The van der Waals surface area contributed by atoms with Gasteiger partial charge in [-0.1, -0.05) is 38.1 Å². The van der Waals surface area contributed by atoms with Gasteiger partial charge in [-0.3, -0.25) is 9.89 Å². The van der Waals surface area contributed by atoms with Crippen LogP contribution >= 0.6 is 12.4 Å². The van der Waals surface area contributed by atoms with Crippen LogP contribution in [0.4, 0.5) is 0 Å². The van der Waals surface area contributed by atoms with Gasteiger partial charge in [-0.15, -0.1) is 12.4 Å². The molecule has 1 atom stereocenters. The number of aromatic nitrogens is 2. The Morgan fingerprint density at radius 1 is 1.27 bits per heavy atom. The lowest BCUT2D eigenvalue weighted by atomic mass is 9.99. The minimum atomic E-state index is -0.220. The maximum Gasteiger partial charge on any atom is 0.254 e. The Balaban J connectivity index is 0.00000242. The highest BCUT2D eigenvalue weighted by Crippen LogP contribution is 2.17. The Labute approximate surface area is 137 Å². The number of nitrogens with one attached hydrogen (secondary N) is 2. The normalized spacial score (nSPS) is 11.9. The molecule has 1 unspecified atom stereocenters. The summed E-state index contributed by atoms with van der Waals surface area (Å²) < 4.78 is 0. The smallest absolute Gasteiger partial charge is 0.254 e. The summed E-state index contributed by atoms with van der Waals surface area (Å²) in [6.07, 6.45) is 1.52. The number of rotatable bonds is 5. The Kier molecular flexibility index (Phi) is 6.59. The number of hydrogen-bond donors (Lipinski definition) is 3. The number of halogens is 1. The summed E-state index contributed by atoms with van der Waals surface area (Å²) in [6, 6.07) is 8.00. The first kappa shape index (κ1) is 18.2. The Morgan fingerprint density at radius 3 is 2.36 bits per heavy atom. The lowest BCUT2D eigenvalue weighted by molar-refractivity contribution is 0.0950. The molecule has 0 radical (unpaired) electrons. The van der Waals surface area contributed by atoms with Gasteiger partial charge in [0.25, 0.3) is 5.91 Å². The Bertz CT molecular complexity index is 607. The fourth-order valence-electron chi connectivity index (χ4n) is 2.12. The second-order valence-corrected chi connectivity index (χ2v) is 5.55. The van der Waals surface area contributed by atoms with E-state index in [0.29, 0.717) is 18.0 Å². The summed E-state index contributed by atoms with van der Waals surface area (Å²) in [5, 5.41) is 9.42. The first-order valence-corrected chi connectivity index (χ1v) is 7.12. The van der Waals surface area contributed by atoms with Crippen molar-refractivity contribution in [2.24, 2.45) is 5.73 Å². The molecule has 0 aliphatic heterocycles. The number of carbonyl (C=O) groups is 1. The molecule has 1 aromatic carbocycles. The van der Waals surface area contributed by atoms with Gasteiger partial charge in [0, 0.05) is 18.3 Å². The van der Waals surface area contributed by atoms with Gasteiger partial charge in [0.1, 0.15) is 0 Å². The number of hydrogen-bond acceptors (Lipinski definition) is 3. The molecule has 0 aliphatic carbocycles. The van der Waals surface area contributed by atoms with E-state index >= 15 is 0 Å². The molecule has 0 saturated carbocycles. The number of nitrogens with two attached hydrogens (primary N) is 1. The highest BCUT2D eigenvalue weighted by molar-refractivity contribution is 5.94. The van der Waals surface area contributed by atoms with Crippen LogP contribution in [0.3, 0.4) is 0 Å². The highest BCUT2D eigenvalue weighted by Gasteiger charge is 2.13. The van der Waals surface area contributed by atoms with Gasteiger partial charge in [-0.25, -0.2) is 0 Å². The molecule has 0 saturated heterocycles. The van der Waals surface area contributed by atoms with Crippen molar-refractivity contribution in [3.05, 3.63) is 52.8 Å². The molecular weight excluding hydrogens is 300 g/mol. The van der Waals surface area contributed by atoms with Crippen LogP contribution in [0.5, 0.6) is 0 Å². The summed E-state index contributed by atoms with van der Waals surface area (Å²) in [7, 11) is 0. The minimum Gasteiger partial charge on any atom is -0.350 e.